The number of hydrogen-bond donors (Lipinski definition) is 1. The number of piperidine rings is 1. The fraction of sp³-hybridized carbons (Fsp3) is 1.00. The van der Waals surface area contributed by atoms with Crippen molar-refractivity contribution in [2.75, 3.05) is 40.3 Å². The molecular weight excluding hydrogens is 210 g/mol. The molecule has 2 atom stereocenters. The van der Waals surface area contributed by atoms with Crippen LogP contribution in [-0.4, -0.2) is 62.2 Å². The summed E-state index contributed by atoms with van der Waals surface area (Å²) in [6.45, 7) is 11.7. The van der Waals surface area contributed by atoms with Gasteiger partial charge in [-0.15, -0.1) is 0 Å². The maximum Gasteiger partial charge on any atom is 0.0218 e. The van der Waals surface area contributed by atoms with Gasteiger partial charge >= 0.3 is 0 Å². The predicted octanol–water partition coefficient (Wildman–Crippen LogP) is 1.65. The standard InChI is InChI=1S/C14H31N3/c1-6-15-12(2)13(3)17-9-7-14(8-10-17)11-16(4)5/h12-15H,6-11H2,1-5H3. The number of nitrogens with one attached hydrogen (secondary N) is 1. The average Bonchev–Trinajstić information content (AvgIpc) is 2.28. The smallest absolute Gasteiger partial charge is 0.0218 e. The number of rotatable bonds is 6. The number of hydrogen-bond acceptors (Lipinski definition) is 3. The molecule has 0 saturated carbocycles. The Morgan fingerprint density at radius 3 is 2.29 bits per heavy atom. The molecule has 0 aromatic rings. The summed E-state index contributed by atoms with van der Waals surface area (Å²) in [4.78, 5) is 4.98. The van der Waals surface area contributed by atoms with Crippen LogP contribution in [0.5, 0.6) is 0 Å². The van der Waals surface area contributed by atoms with Crippen LogP contribution in [0, 0.1) is 5.92 Å². The molecule has 1 N–H and O–H groups in total. The number of likely N-dealkylation sites (N-methyl/N-ethyl adjacent to an activating group) is 1. The molecule has 0 radical (unpaired) electrons. The fourth-order valence-corrected chi connectivity index (χ4v) is 2.87. The first-order valence-corrected chi connectivity index (χ1v) is 7.16. The third-order valence-electron chi connectivity index (χ3n) is 4.10. The summed E-state index contributed by atoms with van der Waals surface area (Å²) in [6, 6.07) is 1.26. The quantitative estimate of drug-likeness (QED) is 0.763. The van der Waals surface area contributed by atoms with Gasteiger partial charge in [0.15, 0.2) is 0 Å². The second-order valence-electron chi connectivity index (χ2n) is 5.83. The third kappa shape index (κ3) is 4.94. The Hall–Kier alpha value is -0.120. The van der Waals surface area contributed by atoms with E-state index in [4.69, 9.17) is 0 Å². The molecule has 1 saturated heterocycles. The first kappa shape index (κ1) is 14.9. The summed E-state index contributed by atoms with van der Waals surface area (Å²) in [5.41, 5.74) is 0. The van der Waals surface area contributed by atoms with Gasteiger partial charge in [0, 0.05) is 18.6 Å². The van der Waals surface area contributed by atoms with Gasteiger partial charge in [0.25, 0.3) is 0 Å². The van der Waals surface area contributed by atoms with Gasteiger partial charge < -0.3 is 10.2 Å². The van der Waals surface area contributed by atoms with E-state index in [-0.39, 0.29) is 0 Å². The first-order chi connectivity index (χ1) is 8.04. The van der Waals surface area contributed by atoms with Crippen molar-refractivity contribution in [2.45, 2.75) is 45.7 Å². The summed E-state index contributed by atoms with van der Waals surface area (Å²) in [5.74, 6) is 0.905. The van der Waals surface area contributed by atoms with Gasteiger partial charge in [-0.3, -0.25) is 4.90 Å². The lowest BCUT2D eigenvalue weighted by Crippen LogP contribution is -2.50. The lowest BCUT2D eigenvalue weighted by Gasteiger charge is -2.39. The molecule has 0 bridgehead atoms. The molecule has 0 amide bonds. The van der Waals surface area contributed by atoms with Crippen molar-refractivity contribution >= 4 is 0 Å². The highest BCUT2D eigenvalue weighted by Gasteiger charge is 2.25. The molecule has 3 nitrogen and oxygen atoms in total. The second kappa shape index (κ2) is 7.34. The molecule has 102 valence electrons. The molecule has 1 rings (SSSR count). The molecular formula is C14H31N3. The van der Waals surface area contributed by atoms with Crippen LogP contribution < -0.4 is 5.32 Å². The van der Waals surface area contributed by atoms with Crippen molar-refractivity contribution < 1.29 is 0 Å². The van der Waals surface area contributed by atoms with E-state index >= 15 is 0 Å². The van der Waals surface area contributed by atoms with Crippen LogP contribution in [0.1, 0.15) is 33.6 Å². The zero-order valence-corrected chi connectivity index (χ0v) is 12.4. The Balaban J connectivity index is 2.30. The Bertz CT molecular complexity index is 198. The van der Waals surface area contributed by atoms with Crippen LogP contribution >= 0.6 is 0 Å². The summed E-state index contributed by atoms with van der Waals surface area (Å²) < 4.78 is 0. The van der Waals surface area contributed by atoms with Crippen molar-refractivity contribution in [3.8, 4) is 0 Å². The third-order valence-corrected chi connectivity index (χ3v) is 4.10. The minimum absolute atomic E-state index is 0.602. The Kier molecular flexibility index (Phi) is 6.45. The highest BCUT2D eigenvalue weighted by Crippen LogP contribution is 2.20. The van der Waals surface area contributed by atoms with E-state index < -0.39 is 0 Å². The number of nitrogens with zero attached hydrogens (tertiary/aromatic N) is 2. The van der Waals surface area contributed by atoms with Gasteiger partial charge in [-0.1, -0.05) is 6.92 Å². The van der Waals surface area contributed by atoms with Gasteiger partial charge in [0.05, 0.1) is 0 Å². The van der Waals surface area contributed by atoms with Crippen LogP contribution in [0.25, 0.3) is 0 Å². The normalized spacial score (nSPS) is 22.9. The maximum absolute atomic E-state index is 3.54. The summed E-state index contributed by atoms with van der Waals surface area (Å²) in [5, 5.41) is 3.54. The van der Waals surface area contributed by atoms with E-state index in [9.17, 15) is 0 Å². The largest absolute Gasteiger partial charge is 0.313 e. The van der Waals surface area contributed by atoms with Gasteiger partial charge in [0.1, 0.15) is 0 Å². The lowest BCUT2D eigenvalue weighted by molar-refractivity contribution is 0.110. The summed E-state index contributed by atoms with van der Waals surface area (Å²) >= 11 is 0. The van der Waals surface area contributed by atoms with E-state index in [1.165, 1.54) is 32.5 Å². The highest BCUT2D eigenvalue weighted by molar-refractivity contribution is 4.82. The van der Waals surface area contributed by atoms with Crippen LogP contribution in [0.3, 0.4) is 0 Å². The monoisotopic (exact) mass is 241 g/mol. The Labute approximate surface area is 108 Å². The van der Waals surface area contributed by atoms with Crippen molar-refractivity contribution in [2.24, 2.45) is 5.92 Å². The molecule has 1 aliphatic rings. The molecule has 1 heterocycles. The SMILES string of the molecule is CCNC(C)C(C)N1CCC(CN(C)C)CC1. The van der Waals surface area contributed by atoms with Crippen molar-refractivity contribution in [3.05, 3.63) is 0 Å². The van der Waals surface area contributed by atoms with Gasteiger partial charge in [-0.05, 0) is 66.3 Å². The zero-order chi connectivity index (χ0) is 12.8. The van der Waals surface area contributed by atoms with Crippen LogP contribution in [0.2, 0.25) is 0 Å². The molecule has 0 aliphatic carbocycles. The lowest BCUT2D eigenvalue weighted by atomic mass is 9.94. The molecule has 0 aromatic heterocycles. The van der Waals surface area contributed by atoms with Gasteiger partial charge in [0.2, 0.25) is 0 Å². The minimum Gasteiger partial charge on any atom is -0.313 e. The summed E-state index contributed by atoms with van der Waals surface area (Å²) in [6.07, 6.45) is 2.72. The molecule has 1 fully saturated rings. The van der Waals surface area contributed by atoms with E-state index in [0.29, 0.717) is 12.1 Å². The van der Waals surface area contributed by atoms with Crippen LogP contribution in [0.4, 0.5) is 0 Å². The van der Waals surface area contributed by atoms with Gasteiger partial charge in [-0.25, -0.2) is 0 Å². The Morgan fingerprint density at radius 2 is 1.82 bits per heavy atom. The van der Waals surface area contributed by atoms with Crippen molar-refractivity contribution in [1.29, 1.82) is 0 Å². The van der Waals surface area contributed by atoms with E-state index in [1.807, 2.05) is 0 Å². The van der Waals surface area contributed by atoms with Gasteiger partial charge in [-0.2, -0.15) is 0 Å². The van der Waals surface area contributed by atoms with E-state index in [1.54, 1.807) is 0 Å². The van der Waals surface area contributed by atoms with Crippen molar-refractivity contribution in [3.63, 3.8) is 0 Å². The Morgan fingerprint density at radius 1 is 1.24 bits per heavy atom. The highest BCUT2D eigenvalue weighted by atomic mass is 15.2. The van der Waals surface area contributed by atoms with Crippen LogP contribution in [-0.2, 0) is 0 Å². The maximum atomic E-state index is 3.54. The average molecular weight is 241 g/mol. The van der Waals surface area contributed by atoms with Crippen LogP contribution in [0.15, 0.2) is 0 Å². The van der Waals surface area contributed by atoms with Crippen molar-refractivity contribution in [1.82, 2.24) is 15.1 Å². The fourth-order valence-electron chi connectivity index (χ4n) is 2.87. The second-order valence-corrected chi connectivity index (χ2v) is 5.83. The summed E-state index contributed by atoms with van der Waals surface area (Å²) in [7, 11) is 4.37. The van der Waals surface area contributed by atoms with E-state index in [0.717, 1.165) is 12.5 Å². The number of likely N-dealkylation sites (tertiary alicyclic amines) is 1. The minimum atomic E-state index is 0.602. The topological polar surface area (TPSA) is 18.5 Å². The molecule has 17 heavy (non-hydrogen) atoms. The zero-order valence-electron chi connectivity index (χ0n) is 12.4. The molecule has 1 aliphatic heterocycles. The molecule has 0 aromatic carbocycles. The molecule has 2 unspecified atom stereocenters. The predicted molar refractivity (Wildman–Crippen MR) is 75.5 cm³/mol. The molecule has 0 spiro atoms. The first-order valence-electron chi connectivity index (χ1n) is 7.16. The molecule has 3 heteroatoms. The van der Waals surface area contributed by atoms with E-state index in [2.05, 4.69) is 50.0 Å².